The van der Waals surface area contributed by atoms with E-state index in [-0.39, 0.29) is 5.92 Å². The molecule has 0 radical (unpaired) electrons. The molecule has 128 valence electrons. The van der Waals surface area contributed by atoms with Gasteiger partial charge >= 0.3 is 0 Å². The molecule has 0 spiro atoms. The molecule has 0 saturated heterocycles. The average Bonchev–Trinajstić information content (AvgIpc) is 2.71. The molecule has 3 aromatic carbocycles. The lowest BCUT2D eigenvalue weighted by atomic mass is 9.67. The van der Waals surface area contributed by atoms with Gasteiger partial charge in [-0.05, 0) is 28.3 Å². The number of allylic oxidation sites excluding steroid dienone is 1. The van der Waals surface area contributed by atoms with Gasteiger partial charge in [0.05, 0.1) is 5.54 Å². The normalized spacial score (nSPS) is 22.4. The van der Waals surface area contributed by atoms with Crippen molar-refractivity contribution in [1.29, 1.82) is 0 Å². The lowest BCUT2D eigenvalue weighted by molar-refractivity contribution is 0.504. The van der Waals surface area contributed by atoms with Gasteiger partial charge < -0.3 is 11.5 Å². The molecule has 3 aromatic rings. The first-order valence-corrected chi connectivity index (χ1v) is 8.84. The minimum absolute atomic E-state index is 0.0708. The molecule has 1 aliphatic carbocycles. The zero-order chi connectivity index (χ0) is 18.0. The van der Waals surface area contributed by atoms with E-state index in [9.17, 15) is 0 Å². The molecule has 2 nitrogen and oxygen atoms in total. The summed E-state index contributed by atoms with van der Waals surface area (Å²) in [6.07, 6.45) is 4.00. The van der Waals surface area contributed by atoms with Crippen LogP contribution >= 0.6 is 0 Å². The maximum Gasteiger partial charge on any atom is 0.0710 e. The van der Waals surface area contributed by atoms with Crippen LogP contribution < -0.4 is 11.5 Å². The maximum absolute atomic E-state index is 7.07. The Labute approximate surface area is 154 Å². The Morgan fingerprint density at radius 2 is 1.23 bits per heavy atom. The highest BCUT2D eigenvalue weighted by molar-refractivity contribution is 5.79. The fourth-order valence-corrected chi connectivity index (χ4v) is 3.85. The zero-order valence-electron chi connectivity index (χ0n) is 14.5. The van der Waals surface area contributed by atoms with Crippen molar-refractivity contribution in [2.75, 3.05) is 0 Å². The first-order valence-electron chi connectivity index (χ1n) is 8.84. The van der Waals surface area contributed by atoms with Gasteiger partial charge in [-0.15, -0.1) is 0 Å². The summed E-state index contributed by atoms with van der Waals surface area (Å²) in [7, 11) is 0. The fourth-order valence-electron chi connectivity index (χ4n) is 3.85. The molecule has 2 atom stereocenters. The summed E-state index contributed by atoms with van der Waals surface area (Å²) in [6.45, 7) is 0. The minimum Gasteiger partial charge on any atom is -0.398 e. The molecule has 0 fully saturated rings. The van der Waals surface area contributed by atoms with Gasteiger partial charge in [-0.3, -0.25) is 0 Å². The molecule has 0 saturated carbocycles. The molecule has 4 N–H and O–H groups in total. The molecule has 0 bridgehead atoms. The summed E-state index contributed by atoms with van der Waals surface area (Å²) in [4.78, 5) is 0. The van der Waals surface area contributed by atoms with Crippen molar-refractivity contribution in [3.05, 3.63) is 126 Å². The van der Waals surface area contributed by atoms with Gasteiger partial charge in [0.25, 0.3) is 0 Å². The second kappa shape index (κ2) is 6.66. The summed E-state index contributed by atoms with van der Waals surface area (Å²) in [5.74, 6) is -0.0708. The first kappa shape index (κ1) is 16.4. The van der Waals surface area contributed by atoms with Crippen molar-refractivity contribution in [3.63, 3.8) is 0 Å². The van der Waals surface area contributed by atoms with Gasteiger partial charge in [0, 0.05) is 11.6 Å². The summed E-state index contributed by atoms with van der Waals surface area (Å²) in [5.41, 5.74) is 18.1. The highest BCUT2D eigenvalue weighted by atomic mass is 14.8. The van der Waals surface area contributed by atoms with Gasteiger partial charge in [0.15, 0.2) is 0 Å². The lowest BCUT2D eigenvalue weighted by Gasteiger charge is -2.40. The van der Waals surface area contributed by atoms with Crippen LogP contribution in [-0.2, 0) is 5.54 Å². The molecule has 4 rings (SSSR count). The number of rotatable bonds is 3. The van der Waals surface area contributed by atoms with Gasteiger partial charge in [-0.1, -0.05) is 97.1 Å². The van der Waals surface area contributed by atoms with Crippen LogP contribution in [0.25, 0.3) is 5.57 Å². The van der Waals surface area contributed by atoms with E-state index in [1.54, 1.807) is 0 Å². The monoisotopic (exact) mass is 338 g/mol. The van der Waals surface area contributed by atoms with Gasteiger partial charge in [-0.25, -0.2) is 0 Å². The Kier molecular flexibility index (Phi) is 4.19. The fraction of sp³-hybridized carbons (Fsp3) is 0.0833. The van der Waals surface area contributed by atoms with Crippen molar-refractivity contribution in [1.82, 2.24) is 0 Å². The van der Waals surface area contributed by atoms with E-state index in [1.165, 1.54) is 0 Å². The third-order valence-corrected chi connectivity index (χ3v) is 5.11. The molecule has 0 aromatic heterocycles. The van der Waals surface area contributed by atoms with E-state index >= 15 is 0 Å². The predicted molar refractivity (Wildman–Crippen MR) is 108 cm³/mol. The topological polar surface area (TPSA) is 52.0 Å². The lowest BCUT2D eigenvalue weighted by Crippen LogP contribution is -2.43. The average molecular weight is 338 g/mol. The van der Waals surface area contributed by atoms with Gasteiger partial charge in [-0.2, -0.15) is 0 Å². The second-order valence-electron chi connectivity index (χ2n) is 6.71. The molecular weight excluding hydrogens is 316 g/mol. The molecule has 2 heteroatoms. The number of hydrogen-bond donors (Lipinski definition) is 2. The Balaban J connectivity index is 1.96. The van der Waals surface area contributed by atoms with Crippen molar-refractivity contribution in [2.45, 2.75) is 11.5 Å². The summed E-state index contributed by atoms with van der Waals surface area (Å²) in [5, 5.41) is 0. The molecule has 1 aliphatic rings. The largest absolute Gasteiger partial charge is 0.398 e. The van der Waals surface area contributed by atoms with Crippen LogP contribution in [0.2, 0.25) is 0 Å². The van der Waals surface area contributed by atoms with Gasteiger partial charge in [0.1, 0.15) is 0 Å². The molecule has 26 heavy (non-hydrogen) atoms. The SMILES string of the molecule is NC1=C(c2ccccc2)C(c2ccccc2)C(N)(c2ccccc2)C=C1. The van der Waals surface area contributed by atoms with E-state index in [0.29, 0.717) is 0 Å². The first-order chi connectivity index (χ1) is 12.7. The molecule has 0 heterocycles. The van der Waals surface area contributed by atoms with Crippen LogP contribution in [-0.4, -0.2) is 0 Å². The van der Waals surface area contributed by atoms with Crippen LogP contribution in [0, 0.1) is 0 Å². The van der Waals surface area contributed by atoms with E-state index in [2.05, 4.69) is 48.5 Å². The Morgan fingerprint density at radius 1 is 0.692 bits per heavy atom. The standard InChI is InChI=1S/C24H22N2/c25-21-16-17-24(26,20-14-8-3-9-15-20)23(19-12-6-2-7-13-19)22(21)18-10-4-1-5-11-18/h1-17,23H,25-26H2. The molecule has 2 unspecified atom stereocenters. The van der Waals surface area contributed by atoms with Crippen LogP contribution in [0.1, 0.15) is 22.6 Å². The van der Waals surface area contributed by atoms with E-state index in [4.69, 9.17) is 11.5 Å². The molecular formula is C24H22N2. The van der Waals surface area contributed by atoms with E-state index in [0.717, 1.165) is 28.0 Å². The Morgan fingerprint density at radius 3 is 1.85 bits per heavy atom. The third-order valence-electron chi connectivity index (χ3n) is 5.11. The molecule has 0 amide bonds. The molecule has 0 aliphatic heterocycles. The number of benzene rings is 3. The minimum atomic E-state index is -0.670. The zero-order valence-corrected chi connectivity index (χ0v) is 14.5. The van der Waals surface area contributed by atoms with E-state index < -0.39 is 5.54 Å². The number of nitrogens with two attached hydrogens (primary N) is 2. The van der Waals surface area contributed by atoms with Crippen molar-refractivity contribution in [2.24, 2.45) is 11.5 Å². The summed E-state index contributed by atoms with van der Waals surface area (Å²) < 4.78 is 0. The Bertz CT molecular complexity index is 943. The second-order valence-corrected chi connectivity index (χ2v) is 6.71. The summed E-state index contributed by atoms with van der Waals surface area (Å²) in [6, 6.07) is 30.9. The highest BCUT2D eigenvalue weighted by Crippen LogP contribution is 2.48. The third kappa shape index (κ3) is 2.75. The smallest absolute Gasteiger partial charge is 0.0710 e. The maximum atomic E-state index is 7.07. The Hall–Kier alpha value is -3.10. The van der Waals surface area contributed by atoms with Crippen molar-refractivity contribution >= 4 is 5.57 Å². The van der Waals surface area contributed by atoms with Crippen molar-refractivity contribution in [3.8, 4) is 0 Å². The number of hydrogen-bond acceptors (Lipinski definition) is 2. The highest BCUT2D eigenvalue weighted by Gasteiger charge is 2.41. The summed E-state index contributed by atoms with van der Waals surface area (Å²) >= 11 is 0. The predicted octanol–water partition coefficient (Wildman–Crippen LogP) is 4.56. The van der Waals surface area contributed by atoms with Crippen LogP contribution in [0.3, 0.4) is 0 Å². The van der Waals surface area contributed by atoms with Crippen LogP contribution in [0.5, 0.6) is 0 Å². The quantitative estimate of drug-likeness (QED) is 0.735. The van der Waals surface area contributed by atoms with Crippen molar-refractivity contribution < 1.29 is 0 Å². The van der Waals surface area contributed by atoms with Gasteiger partial charge in [0.2, 0.25) is 0 Å². The van der Waals surface area contributed by atoms with E-state index in [1.807, 2.05) is 54.6 Å². The van der Waals surface area contributed by atoms with Crippen LogP contribution in [0.15, 0.2) is 109 Å². The van der Waals surface area contributed by atoms with Crippen LogP contribution in [0.4, 0.5) is 0 Å².